The molecule has 1 saturated heterocycles. The van der Waals surface area contributed by atoms with E-state index in [1.165, 1.54) is 4.90 Å². The third-order valence-electron chi connectivity index (χ3n) is 9.17. The average molecular weight is 513 g/mol. The van der Waals surface area contributed by atoms with Crippen LogP contribution < -0.4 is 10.2 Å². The van der Waals surface area contributed by atoms with Crippen molar-refractivity contribution >= 4 is 29.1 Å². The quantitative estimate of drug-likeness (QED) is 0.326. The van der Waals surface area contributed by atoms with E-state index in [0.717, 1.165) is 39.1 Å². The molecule has 0 aromatic heterocycles. The molecule has 2 bridgehead atoms. The highest BCUT2D eigenvalue weighted by Gasteiger charge is 2.68. The zero-order valence-corrected chi connectivity index (χ0v) is 22.1. The van der Waals surface area contributed by atoms with Crippen molar-refractivity contribution in [1.29, 1.82) is 0 Å². The van der Waals surface area contributed by atoms with Crippen LogP contribution >= 0.6 is 0 Å². The summed E-state index contributed by atoms with van der Waals surface area (Å²) < 4.78 is 0. The van der Waals surface area contributed by atoms with E-state index in [9.17, 15) is 14.4 Å². The average Bonchev–Trinajstić information content (AvgIpc) is 3.16. The standard InChI is InChI=1S/C34H28N2O3/c1-19-12-15-22(18-20(19)2)35-31(37)21-13-16-23(17-14-21)36-32(38)30-28-24-8-4-6-10-26(24)29(34(30,3)33(36)39)27-11-7-5-9-25(27)28/h4-18,28-30H,1-3H3,(H,35,37)/t28?,29?,30-,34-/m0/s1. The second-order valence-corrected chi connectivity index (χ2v) is 11.2. The molecule has 192 valence electrons. The highest BCUT2D eigenvalue weighted by atomic mass is 16.2. The molecule has 4 aliphatic rings. The lowest BCUT2D eigenvalue weighted by molar-refractivity contribution is -0.128. The van der Waals surface area contributed by atoms with Gasteiger partial charge in [0.15, 0.2) is 0 Å². The van der Waals surface area contributed by atoms with Crippen LogP contribution in [0.25, 0.3) is 0 Å². The Labute approximate surface area is 227 Å². The van der Waals surface area contributed by atoms with Crippen LogP contribution in [0.5, 0.6) is 0 Å². The Balaban J connectivity index is 1.23. The maximum atomic E-state index is 14.2. The van der Waals surface area contributed by atoms with Crippen LogP contribution in [0, 0.1) is 25.2 Å². The zero-order chi connectivity index (χ0) is 27.1. The van der Waals surface area contributed by atoms with Crippen molar-refractivity contribution in [3.05, 3.63) is 130 Å². The van der Waals surface area contributed by atoms with Crippen molar-refractivity contribution in [1.82, 2.24) is 0 Å². The smallest absolute Gasteiger partial charge is 0.255 e. The topological polar surface area (TPSA) is 66.5 Å². The number of carbonyl (C=O) groups is 3. The third-order valence-corrected chi connectivity index (χ3v) is 9.17. The molecule has 3 amide bonds. The summed E-state index contributed by atoms with van der Waals surface area (Å²) >= 11 is 0. The first-order chi connectivity index (χ1) is 18.8. The normalized spacial score (nSPS) is 24.3. The van der Waals surface area contributed by atoms with Crippen LogP contribution in [0.2, 0.25) is 0 Å². The number of nitrogens with one attached hydrogen (secondary N) is 1. The molecule has 0 unspecified atom stereocenters. The zero-order valence-electron chi connectivity index (χ0n) is 22.1. The second kappa shape index (κ2) is 8.24. The fourth-order valence-electron chi connectivity index (χ4n) is 7.14. The van der Waals surface area contributed by atoms with Crippen molar-refractivity contribution in [3.8, 4) is 0 Å². The SMILES string of the molecule is Cc1ccc(NC(=O)c2ccc(N3C(=O)[C@@H]4C5c6ccccc6C(c6ccccc65)[C@]4(C)C3=O)cc2)cc1C. The minimum absolute atomic E-state index is 0.170. The molecular weight excluding hydrogens is 484 g/mol. The number of amides is 3. The molecule has 0 spiro atoms. The van der Waals surface area contributed by atoms with Gasteiger partial charge in [-0.15, -0.1) is 0 Å². The first kappa shape index (κ1) is 23.6. The van der Waals surface area contributed by atoms with Crippen molar-refractivity contribution in [2.24, 2.45) is 11.3 Å². The van der Waals surface area contributed by atoms with Crippen LogP contribution in [-0.4, -0.2) is 17.7 Å². The Morgan fingerprint density at radius 3 is 1.95 bits per heavy atom. The van der Waals surface area contributed by atoms with Gasteiger partial charge < -0.3 is 5.32 Å². The van der Waals surface area contributed by atoms with Gasteiger partial charge in [-0.25, -0.2) is 4.90 Å². The summed E-state index contributed by atoms with van der Waals surface area (Å²) in [7, 11) is 0. The lowest BCUT2D eigenvalue weighted by atomic mass is 9.48. The van der Waals surface area contributed by atoms with Crippen molar-refractivity contribution in [2.75, 3.05) is 10.2 Å². The second-order valence-electron chi connectivity index (χ2n) is 11.2. The number of benzene rings is 4. The molecule has 1 N–H and O–H groups in total. The van der Waals surface area contributed by atoms with Crippen molar-refractivity contribution < 1.29 is 14.4 Å². The Morgan fingerprint density at radius 2 is 1.36 bits per heavy atom. The summed E-state index contributed by atoms with van der Waals surface area (Å²) in [5.41, 5.74) is 7.62. The van der Waals surface area contributed by atoms with Gasteiger partial charge in [0.2, 0.25) is 11.8 Å². The fourth-order valence-corrected chi connectivity index (χ4v) is 7.14. The van der Waals surface area contributed by atoms with Gasteiger partial charge in [-0.05, 0) is 90.6 Å². The maximum Gasteiger partial charge on any atom is 0.255 e. The summed E-state index contributed by atoms with van der Waals surface area (Å²) in [5, 5.41) is 2.93. The van der Waals surface area contributed by atoms with E-state index in [1.807, 2.05) is 63.2 Å². The maximum absolute atomic E-state index is 14.2. The molecule has 0 radical (unpaired) electrons. The van der Waals surface area contributed by atoms with E-state index in [1.54, 1.807) is 24.3 Å². The summed E-state index contributed by atoms with van der Waals surface area (Å²) in [6.07, 6.45) is 0. The van der Waals surface area contributed by atoms with E-state index >= 15 is 0 Å². The number of aryl methyl sites for hydroxylation is 2. The molecule has 1 fully saturated rings. The predicted molar refractivity (Wildman–Crippen MR) is 151 cm³/mol. The van der Waals surface area contributed by atoms with E-state index < -0.39 is 11.3 Å². The van der Waals surface area contributed by atoms with Crippen molar-refractivity contribution in [3.63, 3.8) is 0 Å². The minimum atomic E-state index is -0.885. The van der Waals surface area contributed by atoms with E-state index in [4.69, 9.17) is 0 Å². The number of nitrogens with zero attached hydrogens (tertiary/aromatic N) is 1. The molecule has 1 aliphatic heterocycles. The van der Waals surface area contributed by atoms with Gasteiger partial charge in [0.1, 0.15) is 0 Å². The molecule has 3 aliphatic carbocycles. The van der Waals surface area contributed by atoms with E-state index in [2.05, 4.69) is 29.6 Å². The van der Waals surface area contributed by atoms with Gasteiger partial charge in [0.25, 0.3) is 5.91 Å². The monoisotopic (exact) mass is 512 g/mol. The summed E-state index contributed by atoms with van der Waals surface area (Å²) in [6.45, 7) is 6.00. The Morgan fingerprint density at radius 1 is 0.769 bits per heavy atom. The lowest BCUT2D eigenvalue weighted by Crippen LogP contribution is -2.49. The summed E-state index contributed by atoms with van der Waals surface area (Å²) in [5.74, 6) is -1.43. The van der Waals surface area contributed by atoms with E-state index in [-0.39, 0.29) is 29.6 Å². The number of imide groups is 1. The van der Waals surface area contributed by atoms with Crippen molar-refractivity contribution in [2.45, 2.75) is 32.6 Å². The predicted octanol–water partition coefficient (Wildman–Crippen LogP) is 6.34. The first-order valence-electron chi connectivity index (χ1n) is 13.4. The number of anilines is 2. The lowest BCUT2D eigenvalue weighted by Gasteiger charge is -2.51. The highest BCUT2D eigenvalue weighted by Crippen LogP contribution is 2.67. The Bertz CT molecular complexity index is 1660. The Kier molecular flexibility index (Phi) is 4.99. The van der Waals surface area contributed by atoms with Gasteiger partial charge in [-0.1, -0.05) is 54.6 Å². The molecule has 0 saturated carbocycles. The molecular formula is C34H28N2O3. The van der Waals surface area contributed by atoms with Gasteiger partial charge in [0.05, 0.1) is 17.0 Å². The largest absolute Gasteiger partial charge is 0.322 e. The first-order valence-corrected chi connectivity index (χ1v) is 13.4. The van der Waals surface area contributed by atoms with E-state index in [0.29, 0.717) is 11.3 Å². The molecule has 8 rings (SSSR count). The van der Waals surface area contributed by atoms with Crippen LogP contribution in [0.4, 0.5) is 11.4 Å². The molecule has 1 heterocycles. The van der Waals surface area contributed by atoms with Crippen LogP contribution in [0.3, 0.4) is 0 Å². The number of rotatable bonds is 3. The molecule has 5 heteroatoms. The third kappa shape index (κ3) is 3.16. The summed E-state index contributed by atoms with van der Waals surface area (Å²) in [6, 6.07) is 29.0. The van der Waals surface area contributed by atoms with Gasteiger partial charge in [0, 0.05) is 23.1 Å². The summed E-state index contributed by atoms with van der Waals surface area (Å²) in [4.78, 5) is 42.6. The molecule has 2 atom stereocenters. The Hall–Kier alpha value is -4.51. The molecule has 4 aromatic carbocycles. The van der Waals surface area contributed by atoms with Crippen LogP contribution in [-0.2, 0) is 9.59 Å². The number of hydrogen-bond acceptors (Lipinski definition) is 3. The van der Waals surface area contributed by atoms with Gasteiger partial charge >= 0.3 is 0 Å². The van der Waals surface area contributed by atoms with Gasteiger partial charge in [-0.3, -0.25) is 14.4 Å². The number of hydrogen-bond donors (Lipinski definition) is 1. The van der Waals surface area contributed by atoms with Crippen LogP contribution in [0.1, 0.15) is 62.5 Å². The van der Waals surface area contributed by atoms with Gasteiger partial charge in [-0.2, -0.15) is 0 Å². The molecule has 4 aromatic rings. The molecule has 5 nitrogen and oxygen atoms in total. The van der Waals surface area contributed by atoms with Crippen LogP contribution in [0.15, 0.2) is 91.0 Å². The number of carbonyl (C=O) groups excluding carboxylic acids is 3. The fraction of sp³-hybridized carbons (Fsp3) is 0.206. The minimum Gasteiger partial charge on any atom is -0.322 e. The molecule has 39 heavy (non-hydrogen) atoms. The highest BCUT2D eigenvalue weighted by molar-refractivity contribution is 6.25.